The van der Waals surface area contributed by atoms with Crippen molar-refractivity contribution in [3.63, 3.8) is 0 Å². The van der Waals surface area contributed by atoms with Crippen molar-refractivity contribution in [2.45, 2.75) is 13.3 Å². The Labute approximate surface area is 122 Å². The molecular weight excluding hydrogens is 296 g/mol. The van der Waals surface area contributed by atoms with Gasteiger partial charge in [0.1, 0.15) is 0 Å². The zero-order valence-electron chi connectivity index (χ0n) is 11.7. The highest BCUT2D eigenvalue weighted by Crippen LogP contribution is 2.16. The highest BCUT2D eigenvalue weighted by atomic mass is 32.2. The Morgan fingerprint density at radius 2 is 2.14 bits per heavy atom. The number of hydrogen-bond acceptors (Lipinski definition) is 6. The number of rotatable bonds is 6. The summed E-state index contributed by atoms with van der Waals surface area (Å²) in [6, 6.07) is 1.66. The van der Waals surface area contributed by atoms with Crippen LogP contribution in [0.15, 0.2) is 16.8 Å². The number of sulfonamides is 1. The topological polar surface area (TPSA) is 114 Å². The van der Waals surface area contributed by atoms with Gasteiger partial charge in [-0.15, -0.1) is 0 Å². The normalized spacial score (nSPS) is 11.7. The van der Waals surface area contributed by atoms with E-state index in [-0.39, 0.29) is 12.5 Å². The number of nitrogens with one attached hydrogen (secondary N) is 2. The van der Waals surface area contributed by atoms with Crippen LogP contribution in [0.3, 0.4) is 0 Å². The molecule has 0 bridgehead atoms. The molecule has 0 spiro atoms. The minimum Gasteiger partial charge on any atom is -0.352 e. The van der Waals surface area contributed by atoms with Crippen molar-refractivity contribution in [1.82, 2.24) is 20.2 Å². The minimum atomic E-state index is -3.19. The van der Waals surface area contributed by atoms with E-state index in [1.165, 1.54) is 6.20 Å². The van der Waals surface area contributed by atoms with Gasteiger partial charge in [0.05, 0.1) is 22.9 Å². The molecular formula is C12H16N4O4S. The molecule has 9 heteroatoms. The van der Waals surface area contributed by atoms with Crippen molar-refractivity contribution in [1.29, 1.82) is 0 Å². The van der Waals surface area contributed by atoms with Crippen LogP contribution in [0, 0.1) is 6.92 Å². The van der Waals surface area contributed by atoms with E-state index in [2.05, 4.69) is 20.2 Å². The van der Waals surface area contributed by atoms with Crippen LogP contribution in [-0.4, -0.2) is 43.8 Å². The first kappa shape index (κ1) is 15.4. The van der Waals surface area contributed by atoms with E-state index in [0.29, 0.717) is 35.3 Å². The zero-order valence-corrected chi connectivity index (χ0v) is 12.5. The fourth-order valence-corrected chi connectivity index (χ4v) is 2.23. The van der Waals surface area contributed by atoms with Crippen LogP contribution >= 0.6 is 0 Å². The van der Waals surface area contributed by atoms with Gasteiger partial charge in [0.2, 0.25) is 10.0 Å². The molecule has 0 aliphatic rings. The Hall–Kier alpha value is -2.00. The molecule has 0 aromatic carbocycles. The van der Waals surface area contributed by atoms with Crippen LogP contribution in [0.5, 0.6) is 0 Å². The summed E-state index contributed by atoms with van der Waals surface area (Å²) in [5, 5.41) is 7.16. The molecule has 0 radical (unpaired) electrons. The lowest BCUT2D eigenvalue weighted by molar-refractivity contribution is 0.0953. The predicted octanol–water partition coefficient (Wildman–Crippen LogP) is 0.200. The molecule has 0 aliphatic heterocycles. The van der Waals surface area contributed by atoms with Crippen molar-refractivity contribution in [2.75, 3.05) is 19.3 Å². The van der Waals surface area contributed by atoms with Crippen molar-refractivity contribution in [3.05, 3.63) is 23.5 Å². The first-order valence-corrected chi connectivity index (χ1v) is 8.21. The second-order valence-electron chi connectivity index (χ2n) is 4.62. The molecule has 8 nitrogen and oxygen atoms in total. The third-order valence-corrected chi connectivity index (χ3v) is 3.50. The van der Waals surface area contributed by atoms with Gasteiger partial charge in [-0.25, -0.2) is 18.1 Å². The largest absolute Gasteiger partial charge is 0.352 e. The second-order valence-corrected chi connectivity index (χ2v) is 6.45. The standard InChI is InChI=1S/C12H16N4O4S/c1-8-10-6-9(7-14-12(10)20-16-8)11(17)13-4-3-5-15-21(2,18)19/h6-7,15H,3-5H2,1-2H3,(H,13,17). The quantitative estimate of drug-likeness (QED) is 0.736. The number of aromatic nitrogens is 2. The lowest BCUT2D eigenvalue weighted by Gasteiger charge is -2.05. The molecule has 0 saturated carbocycles. The van der Waals surface area contributed by atoms with Crippen LogP contribution in [0.1, 0.15) is 22.5 Å². The monoisotopic (exact) mass is 312 g/mol. The Morgan fingerprint density at radius 1 is 1.38 bits per heavy atom. The molecule has 0 saturated heterocycles. The Bertz CT molecular complexity index is 754. The number of pyridine rings is 1. The van der Waals surface area contributed by atoms with Gasteiger partial charge in [0.25, 0.3) is 11.6 Å². The SMILES string of the molecule is Cc1noc2ncc(C(=O)NCCCNS(C)(=O)=O)cc12. The highest BCUT2D eigenvalue weighted by molar-refractivity contribution is 7.88. The summed E-state index contributed by atoms with van der Waals surface area (Å²) in [5.74, 6) is -0.274. The van der Waals surface area contributed by atoms with Crippen molar-refractivity contribution in [2.24, 2.45) is 0 Å². The highest BCUT2D eigenvalue weighted by Gasteiger charge is 2.11. The summed E-state index contributed by atoms with van der Waals surface area (Å²) < 4.78 is 29.0. The van der Waals surface area contributed by atoms with E-state index >= 15 is 0 Å². The maximum atomic E-state index is 11.9. The molecule has 0 aliphatic carbocycles. The third kappa shape index (κ3) is 4.23. The molecule has 0 atom stereocenters. The first-order valence-electron chi connectivity index (χ1n) is 6.32. The van der Waals surface area contributed by atoms with E-state index in [1.54, 1.807) is 13.0 Å². The fourth-order valence-electron chi connectivity index (χ4n) is 1.72. The zero-order chi connectivity index (χ0) is 15.5. The number of nitrogens with zero attached hydrogens (tertiary/aromatic N) is 2. The molecule has 114 valence electrons. The number of carbonyl (C=O) groups is 1. The maximum Gasteiger partial charge on any atom is 0.257 e. The average Bonchev–Trinajstić information content (AvgIpc) is 2.78. The fraction of sp³-hybridized carbons (Fsp3) is 0.417. The van der Waals surface area contributed by atoms with Gasteiger partial charge in [0.15, 0.2) is 0 Å². The second kappa shape index (κ2) is 6.19. The summed E-state index contributed by atoms with van der Waals surface area (Å²) in [7, 11) is -3.19. The molecule has 2 heterocycles. The lowest BCUT2D eigenvalue weighted by atomic mass is 10.2. The Balaban J connectivity index is 1.89. The molecule has 21 heavy (non-hydrogen) atoms. The average molecular weight is 312 g/mol. The summed E-state index contributed by atoms with van der Waals surface area (Å²) in [5.41, 5.74) is 1.47. The van der Waals surface area contributed by atoms with Gasteiger partial charge in [-0.2, -0.15) is 0 Å². The molecule has 0 unspecified atom stereocenters. The summed E-state index contributed by atoms with van der Waals surface area (Å²) in [6.07, 6.45) is 3.01. The Kier molecular flexibility index (Phi) is 4.53. The molecule has 2 aromatic heterocycles. The first-order chi connectivity index (χ1) is 9.87. The van der Waals surface area contributed by atoms with Crippen molar-refractivity contribution >= 4 is 27.0 Å². The van der Waals surface area contributed by atoms with E-state index in [9.17, 15) is 13.2 Å². The lowest BCUT2D eigenvalue weighted by Crippen LogP contribution is -2.29. The molecule has 0 fully saturated rings. The predicted molar refractivity (Wildman–Crippen MR) is 76.3 cm³/mol. The summed E-state index contributed by atoms with van der Waals surface area (Å²) in [6.45, 7) is 2.41. The molecule has 1 amide bonds. The van der Waals surface area contributed by atoms with Crippen LogP contribution < -0.4 is 10.0 Å². The molecule has 2 N–H and O–H groups in total. The van der Waals surface area contributed by atoms with Crippen molar-refractivity contribution < 1.29 is 17.7 Å². The van der Waals surface area contributed by atoms with Gasteiger partial charge in [-0.05, 0) is 19.4 Å². The number of aryl methyl sites for hydroxylation is 1. The van der Waals surface area contributed by atoms with Gasteiger partial charge in [-0.1, -0.05) is 5.16 Å². The van der Waals surface area contributed by atoms with Crippen LogP contribution in [0.4, 0.5) is 0 Å². The maximum absolute atomic E-state index is 11.9. The summed E-state index contributed by atoms with van der Waals surface area (Å²) in [4.78, 5) is 16.0. The smallest absolute Gasteiger partial charge is 0.257 e. The molecule has 2 rings (SSSR count). The number of carbonyl (C=O) groups excluding carboxylic acids is 1. The van der Waals surface area contributed by atoms with E-state index in [0.717, 1.165) is 6.26 Å². The van der Waals surface area contributed by atoms with Crippen LogP contribution in [0.2, 0.25) is 0 Å². The minimum absolute atomic E-state index is 0.274. The number of hydrogen-bond donors (Lipinski definition) is 2. The van der Waals surface area contributed by atoms with Gasteiger partial charge in [0, 0.05) is 19.3 Å². The summed E-state index contributed by atoms with van der Waals surface area (Å²) >= 11 is 0. The van der Waals surface area contributed by atoms with Crippen LogP contribution in [0.25, 0.3) is 11.1 Å². The third-order valence-electron chi connectivity index (χ3n) is 2.78. The van der Waals surface area contributed by atoms with Gasteiger partial charge >= 0.3 is 0 Å². The van der Waals surface area contributed by atoms with Gasteiger partial charge < -0.3 is 9.84 Å². The van der Waals surface area contributed by atoms with E-state index in [1.807, 2.05) is 0 Å². The Morgan fingerprint density at radius 3 is 2.86 bits per heavy atom. The number of amides is 1. The number of fused-ring (bicyclic) bond motifs is 1. The van der Waals surface area contributed by atoms with Gasteiger partial charge in [-0.3, -0.25) is 4.79 Å². The van der Waals surface area contributed by atoms with E-state index < -0.39 is 10.0 Å². The molecule has 2 aromatic rings. The van der Waals surface area contributed by atoms with E-state index in [4.69, 9.17) is 4.52 Å². The van der Waals surface area contributed by atoms with Crippen LogP contribution in [-0.2, 0) is 10.0 Å². The van der Waals surface area contributed by atoms with Crippen molar-refractivity contribution in [3.8, 4) is 0 Å².